The zero-order chi connectivity index (χ0) is 20.6. The van der Waals surface area contributed by atoms with E-state index in [0.717, 1.165) is 38.9 Å². The van der Waals surface area contributed by atoms with Crippen molar-refractivity contribution in [1.29, 1.82) is 0 Å². The van der Waals surface area contributed by atoms with E-state index in [0.29, 0.717) is 24.2 Å². The van der Waals surface area contributed by atoms with E-state index in [9.17, 15) is 20.4 Å². The van der Waals surface area contributed by atoms with Gasteiger partial charge in [-0.05, 0) is 79.1 Å². The fourth-order valence-electron chi connectivity index (χ4n) is 3.75. The first-order chi connectivity index (χ1) is 13.2. The lowest BCUT2D eigenvalue weighted by Crippen LogP contribution is -2.00. The smallest absolute Gasteiger partial charge is 0.161 e. The molecule has 3 aromatic rings. The van der Waals surface area contributed by atoms with Crippen molar-refractivity contribution in [3.63, 3.8) is 0 Å². The van der Waals surface area contributed by atoms with E-state index in [1.165, 1.54) is 6.07 Å². The third-order valence-corrected chi connectivity index (χ3v) is 5.24. The molecule has 0 bridgehead atoms. The van der Waals surface area contributed by atoms with E-state index < -0.39 is 0 Å². The summed E-state index contributed by atoms with van der Waals surface area (Å²) in [5, 5.41) is 40.6. The lowest BCUT2D eigenvalue weighted by Gasteiger charge is -2.15. The number of aromatic hydroxyl groups is 4. The molecular weight excluding hydrogens is 352 g/mol. The van der Waals surface area contributed by atoms with Gasteiger partial charge >= 0.3 is 0 Å². The van der Waals surface area contributed by atoms with Crippen molar-refractivity contribution in [2.75, 3.05) is 0 Å². The summed E-state index contributed by atoms with van der Waals surface area (Å²) in [6.07, 6.45) is 1.01. The predicted octanol–water partition coefficient (Wildman–Crippen LogP) is 4.92. The Balaban J connectivity index is 2.03. The molecule has 0 aliphatic carbocycles. The second-order valence-corrected chi connectivity index (χ2v) is 7.58. The van der Waals surface area contributed by atoms with Gasteiger partial charge in [-0.15, -0.1) is 0 Å². The lowest BCUT2D eigenvalue weighted by atomic mass is 9.91. The molecule has 3 aromatic carbocycles. The Hall–Kier alpha value is -3.14. The van der Waals surface area contributed by atoms with E-state index in [1.807, 2.05) is 58.0 Å². The Bertz CT molecular complexity index is 1000. The fourth-order valence-corrected chi connectivity index (χ4v) is 3.75. The summed E-state index contributed by atoms with van der Waals surface area (Å²) in [5.41, 5.74) is 6.72. The summed E-state index contributed by atoms with van der Waals surface area (Å²) >= 11 is 0. The zero-order valence-corrected chi connectivity index (χ0v) is 16.7. The van der Waals surface area contributed by atoms with Gasteiger partial charge in [-0.3, -0.25) is 0 Å². The Morgan fingerprint density at radius 2 is 1.00 bits per heavy atom. The van der Waals surface area contributed by atoms with Gasteiger partial charge in [-0.25, -0.2) is 0 Å². The molecule has 146 valence electrons. The molecule has 0 atom stereocenters. The quantitative estimate of drug-likeness (QED) is 0.486. The number of rotatable bonds is 4. The molecule has 0 saturated heterocycles. The van der Waals surface area contributed by atoms with Crippen LogP contribution in [-0.2, 0) is 12.8 Å². The molecule has 0 aliphatic rings. The van der Waals surface area contributed by atoms with Gasteiger partial charge in [0.15, 0.2) is 11.5 Å². The molecule has 4 N–H and O–H groups in total. The van der Waals surface area contributed by atoms with Gasteiger partial charge in [0.2, 0.25) is 0 Å². The topological polar surface area (TPSA) is 80.9 Å². The van der Waals surface area contributed by atoms with Gasteiger partial charge < -0.3 is 20.4 Å². The number of phenolic OH excluding ortho intramolecular Hbond substituents is 4. The van der Waals surface area contributed by atoms with Crippen LogP contribution in [0.2, 0.25) is 0 Å². The highest BCUT2D eigenvalue weighted by Crippen LogP contribution is 2.36. The molecule has 0 spiro atoms. The minimum Gasteiger partial charge on any atom is -0.507 e. The molecule has 0 radical (unpaired) electrons. The summed E-state index contributed by atoms with van der Waals surface area (Å²) in [4.78, 5) is 0. The van der Waals surface area contributed by atoms with Crippen LogP contribution in [0.25, 0.3) is 0 Å². The molecule has 28 heavy (non-hydrogen) atoms. The molecule has 4 nitrogen and oxygen atoms in total. The summed E-state index contributed by atoms with van der Waals surface area (Å²) in [6.45, 7) is 7.42. The van der Waals surface area contributed by atoms with E-state index in [-0.39, 0.29) is 17.2 Å². The van der Waals surface area contributed by atoms with E-state index >= 15 is 0 Å². The van der Waals surface area contributed by atoms with E-state index in [4.69, 9.17) is 0 Å². The van der Waals surface area contributed by atoms with Crippen molar-refractivity contribution < 1.29 is 20.4 Å². The van der Waals surface area contributed by atoms with E-state index in [2.05, 4.69) is 0 Å². The molecule has 0 heterocycles. The van der Waals surface area contributed by atoms with Crippen molar-refractivity contribution >= 4 is 0 Å². The second kappa shape index (κ2) is 7.47. The Morgan fingerprint density at radius 3 is 1.46 bits per heavy atom. The summed E-state index contributed by atoms with van der Waals surface area (Å²) in [5.74, 6) is 0.309. The van der Waals surface area contributed by atoms with Crippen molar-refractivity contribution in [1.82, 2.24) is 0 Å². The molecule has 4 heteroatoms. The first-order valence-corrected chi connectivity index (χ1v) is 9.28. The SMILES string of the molecule is Cc1cc(Cc2ccc(O)c(O)c2Cc2cc(C)c(O)c(C)c2)cc(C)c1O. The highest BCUT2D eigenvalue weighted by Gasteiger charge is 2.15. The maximum Gasteiger partial charge on any atom is 0.161 e. The lowest BCUT2D eigenvalue weighted by molar-refractivity contribution is 0.399. The van der Waals surface area contributed by atoms with Gasteiger partial charge in [0.05, 0.1) is 0 Å². The Kier molecular flexibility index (Phi) is 5.23. The number of aryl methyl sites for hydroxylation is 4. The fraction of sp³-hybridized carbons (Fsp3) is 0.250. The second-order valence-electron chi connectivity index (χ2n) is 7.58. The highest BCUT2D eigenvalue weighted by atomic mass is 16.3. The first-order valence-electron chi connectivity index (χ1n) is 9.28. The summed E-state index contributed by atoms with van der Waals surface area (Å²) in [6, 6.07) is 11.0. The normalized spacial score (nSPS) is 11.0. The van der Waals surface area contributed by atoms with Gasteiger partial charge in [0.1, 0.15) is 11.5 Å². The van der Waals surface area contributed by atoms with Crippen molar-refractivity contribution in [3.05, 3.63) is 80.9 Å². The van der Waals surface area contributed by atoms with Crippen molar-refractivity contribution in [2.45, 2.75) is 40.5 Å². The van der Waals surface area contributed by atoms with Crippen LogP contribution in [0.5, 0.6) is 23.0 Å². The third-order valence-electron chi connectivity index (χ3n) is 5.24. The Labute approximate surface area is 165 Å². The molecule has 3 rings (SSSR count). The molecule has 0 aliphatic heterocycles. The first kappa shape index (κ1) is 19.6. The maximum atomic E-state index is 10.5. The van der Waals surface area contributed by atoms with Crippen LogP contribution in [0.4, 0.5) is 0 Å². The molecule has 0 fully saturated rings. The van der Waals surface area contributed by atoms with Crippen LogP contribution in [0.15, 0.2) is 36.4 Å². The van der Waals surface area contributed by atoms with Crippen LogP contribution in [0, 0.1) is 27.7 Å². The zero-order valence-electron chi connectivity index (χ0n) is 16.7. The Morgan fingerprint density at radius 1 is 0.571 bits per heavy atom. The van der Waals surface area contributed by atoms with E-state index in [1.54, 1.807) is 0 Å². The number of benzene rings is 3. The average molecular weight is 378 g/mol. The van der Waals surface area contributed by atoms with Crippen LogP contribution < -0.4 is 0 Å². The largest absolute Gasteiger partial charge is 0.507 e. The van der Waals surface area contributed by atoms with Crippen molar-refractivity contribution in [3.8, 4) is 23.0 Å². The molecule has 0 amide bonds. The number of phenols is 4. The molecule has 0 aromatic heterocycles. The van der Waals surface area contributed by atoms with Gasteiger partial charge in [-0.2, -0.15) is 0 Å². The van der Waals surface area contributed by atoms with Crippen LogP contribution in [-0.4, -0.2) is 20.4 Å². The average Bonchev–Trinajstić information content (AvgIpc) is 2.63. The minimum absolute atomic E-state index is 0.117. The monoisotopic (exact) mass is 378 g/mol. The number of hydrogen-bond acceptors (Lipinski definition) is 4. The van der Waals surface area contributed by atoms with Crippen molar-refractivity contribution in [2.24, 2.45) is 0 Å². The maximum absolute atomic E-state index is 10.5. The van der Waals surface area contributed by atoms with Gasteiger partial charge in [-0.1, -0.05) is 30.3 Å². The van der Waals surface area contributed by atoms with Gasteiger partial charge in [0.25, 0.3) is 0 Å². The van der Waals surface area contributed by atoms with Gasteiger partial charge in [0, 0.05) is 12.0 Å². The summed E-state index contributed by atoms with van der Waals surface area (Å²) < 4.78 is 0. The van der Waals surface area contributed by atoms with Crippen LogP contribution in [0.3, 0.4) is 0 Å². The van der Waals surface area contributed by atoms with Crippen LogP contribution in [0.1, 0.15) is 44.5 Å². The van der Waals surface area contributed by atoms with Crippen LogP contribution >= 0.6 is 0 Å². The molecule has 0 unspecified atom stereocenters. The minimum atomic E-state index is -0.149. The predicted molar refractivity (Wildman–Crippen MR) is 111 cm³/mol. The summed E-state index contributed by atoms with van der Waals surface area (Å²) in [7, 11) is 0. The highest BCUT2D eigenvalue weighted by molar-refractivity contribution is 5.54. The third kappa shape index (κ3) is 3.77. The molecular formula is C24H26O4. The number of hydrogen-bond donors (Lipinski definition) is 4. The standard InChI is InChI=1S/C24H26O4/c1-13-7-17(8-14(2)22(13)26)11-19-5-6-21(25)24(28)20(19)12-18-9-15(3)23(27)16(4)10-18/h5-10,25-28H,11-12H2,1-4H3. The molecule has 0 saturated carbocycles.